The predicted molar refractivity (Wildman–Crippen MR) is 114 cm³/mol. The fourth-order valence-electron chi connectivity index (χ4n) is 3.83. The van der Waals surface area contributed by atoms with E-state index >= 15 is 0 Å². The van der Waals surface area contributed by atoms with Gasteiger partial charge in [0.25, 0.3) is 5.91 Å². The lowest BCUT2D eigenvalue weighted by Crippen LogP contribution is -2.35. The van der Waals surface area contributed by atoms with Crippen molar-refractivity contribution in [1.82, 2.24) is 14.9 Å². The Morgan fingerprint density at radius 2 is 1.76 bits per heavy atom. The van der Waals surface area contributed by atoms with Crippen molar-refractivity contribution in [3.05, 3.63) is 95.8 Å². The molecule has 142 valence electrons. The fourth-order valence-corrected chi connectivity index (χ4v) is 3.83. The fraction of sp³-hybridized carbons (Fsp3) is 0.125. The van der Waals surface area contributed by atoms with Crippen LogP contribution in [-0.4, -0.2) is 27.3 Å². The molecule has 1 amide bonds. The molecule has 29 heavy (non-hydrogen) atoms. The molecule has 5 rings (SSSR count). The lowest BCUT2D eigenvalue weighted by atomic mass is 9.99. The third-order valence-corrected chi connectivity index (χ3v) is 5.32. The molecule has 0 spiro atoms. The first-order chi connectivity index (χ1) is 14.3. The molecule has 1 aliphatic heterocycles. The Morgan fingerprint density at radius 3 is 2.69 bits per heavy atom. The van der Waals surface area contributed by atoms with Crippen LogP contribution in [0.1, 0.15) is 21.5 Å². The normalized spacial score (nSPS) is 13.2. The third-order valence-electron chi connectivity index (χ3n) is 5.32. The number of para-hydroxylation sites is 1. The number of carbonyl (C=O) groups excluding carboxylic acids is 1. The second-order valence-electron chi connectivity index (χ2n) is 7.18. The minimum absolute atomic E-state index is 0.0287. The highest BCUT2D eigenvalue weighted by Gasteiger charge is 2.21. The maximum atomic E-state index is 13.1. The molecule has 5 heteroatoms. The SMILES string of the molecule is O=C(c1ccnc(Nc2cccc3cccnc23)c1)N1CCc2ccccc2C1. The first-order valence-corrected chi connectivity index (χ1v) is 9.71. The zero-order valence-corrected chi connectivity index (χ0v) is 15.9. The van der Waals surface area contributed by atoms with Gasteiger partial charge in [-0.2, -0.15) is 0 Å². The molecule has 4 aromatic rings. The van der Waals surface area contributed by atoms with E-state index in [1.807, 2.05) is 47.4 Å². The minimum Gasteiger partial charge on any atom is -0.338 e. The Hall–Kier alpha value is -3.73. The van der Waals surface area contributed by atoms with E-state index in [2.05, 4.69) is 33.5 Å². The van der Waals surface area contributed by atoms with E-state index in [0.29, 0.717) is 17.9 Å². The van der Waals surface area contributed by atoms with Gasteiger partial charge in [-0.3, -0.25) is 9.78 Å². The van der Waals surface area contributed by atoms with Crippen molar-refractivity contribution in [2.24, 2.45) is 0 Å². The number of pyridine rings is 2. The number of rotatable bonds is 3. The Morgan fingerprint density at radius 1 is 0.897 bits per heavy atom. The zero-order valence-electron chi connectivity index (χ0n) is 15.9. The zero-order chi connectivity index (χ0) is 19.6. The van der Waals surface area contributed by atoms with Gasteiger partial charge in [0.15, 0.2) is 0 Å². The van der Waals surface area contributed by atoms with Gasteiger partial charge in [-0.1, -0.05) is 42.5 Å². The average molecular weight is 380 g/mol. The monoisotopic (exact) mass is 380 g/mol. The standard InChI is InChI=1S/C24H20N4O/c29-24(28-14-11-17-5-1-2-6-20(17)16-28)19-10-13-25-22(15-19)27-21-9-3-7-18-8-4-12-26-23(18)21/h1-10,12-13,15H,11,14,16H2,(H,25,27). The number of benzene rings is 2. The van der Waals surface area contributed by atoms with Crippen LogP contribution in [0, 0.1) is 0 Å². The molecule has 0 unspecified atom stereocenters. The molecule has 2 aromatic heterocycles. The molecule has 0 bridgehead atoms. The summed E-state index contributed by atoms with van der Waals surface area (Å²) >= 11 is 0. The van der Waals surface area contributed by atoms with E-state index in [9.17, 15) is 4.79 Å². The van der Waals surface area contributed by atoms with Gasteiger partial charge >= 0.3 is 0 Å². The van der Waals surface area contributed by atoms with Gasteiger partial charge < -0.3 is 10.2 Å². The minimum atomic E-state index is 0.0287. The van der Waals surface area contributed by atoms with E-state index in [1.165, 1.54) is 11.1 Å². The summed E-state index contributed by atoms with van der Waals surface area (Å²) in [6.07, 6.45) is 4.33. The average Bonchev–Trinajstić information content (AvgIpc) is 2.79. The van der Waals surface area contributed by atoms with Crippen LogP contribution in [0.2, 0.25) is 0 Å². The summed E-state index contributed by atoms with van der Waals surface area (Å²) in [4.78, 5) is 23.8. The maximum absolute atomic E-state index is 13.1. The van der Waals surface area contributed by atoms with Crippen LogP contribution in [0.3, 0.4) is 0 Å². The van der Waals surface area contributed by atoms with Crippen LogP contribution in [0.15, 0.2) is 79.1 Å². The Labute approximate surface area is 169 Å². The van der Waals surface area contributed by atoms with Crippen LogP contribution in [0.5, 0.6) is 0 Å². The smallest absolute Gasteiger partial charge is 0.254 e. The van der Waals surface area contributed by atoms with Crippen molar-refractivity contribution in [3.63, 3.8) is 0 Å². The van der Waals surface area contributed by atoms with E-state index < -0.39 is 0 Å². The van der Waals surface area contributed by atoms with Crippen molar-refractivity contribution in [2.75, 3.05) is 11.9 Å². The van der Waals surface area contributed by atoms with Gasteiger partial charge in [0.1, 0.15) is 5.82 Å². The highest BCUT2D eigenvalue weighted by atomic mass is 16.2. The molecule has 0 radical (unpaired) electrons. The largest absolute Gasteiger partial charge is 0.338 e. The van der Waals surface area contributed by atoms with Crippen molar-refractivity contribution in [3.8, 4) is 0 Å². The number of hydrogen-bond acceptors (Lipinski definition) is 4. The highest BCUT2D eigenvalue weighted by molar-refractivity contribution is 5.96. The number of amides is 1. The van der Waals surface area contributed by atoms with Crippen molar-refractivity contribution in [1.29, 1.82) is 0 Å². The van der Waals surface area contributed by atoms with E-state index in [1.54, 1.807) is 18.5 Å². The molecule has 0 saturated carbocycles. The third kappa shape index (κ3) is 3.43. The van der Waals surface area contributed by atoms with Crippen molar-refractivity contribution >= 4 is 28.3 Å². The topological polar surface area (TPSA) is 58.1 Å². The number of fused-ring (bicyclic) bond motifs is 2. The van der Waals surface area contributed by atoms with Crippen LogP contribution in [-0.2, 0) is 13.0 Å². The summed E-state index contributed by atoms with van der Waals surface area (Å²) < 4.78 is 0. The highest BCUT2D eigenvalue weighted by Crippen LogP contribution is 2.25. The van der Waals surface area contributed by atoms with Crippen LogP contribution in [0.4, 0.5) is 11.5 Å². The molecule has 1 aliphatic rings. The first-order valence-electron chi connectivity index (χ1n) is 9.71. The second kappa shape index (κ2) is 7.36. The molecule has 0 fully saturated rings. The summed E-state index contributed by atoms with van der Waals surface area (Å²) in [5, 5.41) is 4.37. The van der Waals surface area contributed by atoms with E-state index in [4.69, 9.17) is 0 Å². The number of anilines is 2. The number of aromatic nitrogens is 2. The van der Waals surface area contributed by atoms with Gasteiger partial charge in [-0.15, -0.1) is 0 Å². The number of hydrogen-bond donors (Lipinski definition) is 1. The first kappa shape index (κ1) is 17.4. The molecule has 0 saturated heterocycles. The molecule has 5 nitrogen and oxygen atoms in total. The lowest BCUT2D eigenvalue weighted by Gasteiger charge is -2.29. The summed E-state index contributed by atoms with van der Waals surface area (Å²) in [7, 11) is 0. The molecular weight excluding hydrogens is 360 g/mol. The Balaban J connectivity index is 1.39. The predicted octanol–water partition coefficient (Wildman–Crippen LogP) is 4.57. The summed E-state index contributed by atoms with van der Waals surface area (Å²) in [6.45, 7) is 1.38. The van der Waals surface area contributed by atoms with Crippen molar-refractivity contribution < 1.29 is 4.79 Å². The molecule has 0 aliphatic carbocycles. The molecule has 3 heterocycles. The van der Waals surface area contributed by atoms with Gasteiger partial charge in [-0.05, 0) is 41.8 Å². The Bertz CT molecular complexity index is 1200. The number of nitrogens with zero attached hydrogens (tertiary/aromatic N) is 3. The van der Waals surface area contributed by atoms with Crippen molar-refractivity contribution in [2.45, 2.75) is 13.0 Å². The summed E-state index contributed by atoms with van der Waals surface area (Å²) in [5.41, 5.74) is 4.93. The molecular formula is C24H20N4O. The Kier molecular flexibility index (Phi) is 4.41. The van der Waals surface area contributed by atoms with Gasteiger partial charge in [0.2, 0.25) is 0 Å². The molecule has 2 aromatic carbocycles. The lowest BCUT2D eigenvalue weighted by molar-refractivity contribution is 0.0734. The summed E-state index contributed by atoms with van der Waals surface area (Å²) in [6, 6.07) is 21.8. The number of carbonyl (C=O) groups is 1. The van der Waals surface area contributed by atoms with Gasteiger partial charge in [0, 0.05) is 36.4 Å². The number of nitrogens with one attached hydrogen (secondary N) is 1. The van der Waals surface area contributed by atoms with Crippen LogP contribution >= 0.6 is 0 Å². The molecule has 0 atom stereocenters. The molecule has 1 N–H and O–H groups in total. The summed E-state index contributed by atoms with van der Waals surface area (Å²) in [5.74, 6) is 0.660. The van der Waals surface area contributed by atoms with E-state index in [-0.39, 0.29) is 5.91 Å². The van der Waals surface area contributed by atoms with Crippen LogP contribution in [0.25, 0.3) is 10.9 Å². The quantitative estimate of drug-likeness (QED) is 0.566. The van der Waals surface area contributed by atoms with Gasteiger partial charge in [0.05, 0.1) is 11.2 Å². The second-order valence-corrected chi connectivity index (χ2v) is 7.18. The maximum Gasteiger partial charge on any atom is 0.254 e. The van der Waals surface area contributed by atoms with Gasteiger partial charge in [-0.25, -0.2) is 4.98 Å². The van der Waals surface area contributed by atoms with E-state index in [0.717, 1.165) is 29.6 Å². The van der Waals surface area contributed by atoms with Crippen LogP contribution < -0.4 is 5.32 Å².